The van der Waals surface area contributed by atoms with Gasteiger partial charge in [0.15, 0.2) is 0 Å². The normalized spacial score (nSPS) is 16.6. The molecule has 140 valence electrons. The summed E-state index contributed by atoms with van der Waals surface area (Å²) in [5.41, 5.74) is 2.27. The molecule has 3 aromatic rings. The Morgan fingerprint density at radius 3 is 2.48 bits per heavy atom. The quantitative estimate of drug-likeness (QED) is 0.737. The number of para-hydroxylation sites is 1. The Balaban J connectivity index is 1.38. The first-order chi connectivity index (χ1) is 13.1. The molecule has 27 heavy (non-hydrogen) atoms. The molecule has 0 saturated carbocycles. The highest BCUT2D eigenvalue weighted by atomic mass is 32.2. The Morgan fingerprint density at radius 2 is 1.70 bits per heavy atom. The SMILES string of the molecule is O=S(=O)(NC1CCN(Cc2cccc3cccnc23)CC1)c1ccccc1. The zero-order valence-corrected chi connectivity index (χ0v) is 15.9. The van der Waals surface area contributed by atoms with Gasteiger partial charge in [0.25, 0.3) is 0 Å². The van der Waals surface area contributed by atoms with Crippen molar-refractivity contribution in [1.29, 1.82) is 0 Å². The van der Waals surface area contributed by atoms with Gasteiger partial charge in [-0.25, -0.2) is 13.1 Å². The summed E-state index contributed by atoms with van der Waals surface area (Å²) in [6.45, 7) is 2.57. The minimum atomic E-state index is -3.44. The molecule has 0 amide bonds. The molecule has 0 atom stereocenters. The number of pyridine rings is 1. The van der Waals surface area contributed by atoms with Gasteiger partial charge in [-0.1, -0.05) is 42.5 Å². The molecule has 2 heterocycles. The zero-order valence-electron chi connectivity index (χ0n) is 15.1. The van der Waals surface area contributed by atoms with E-state index >= 15 is 0 Å². The number of fused-ring (bicyclic) bond motifs is 1. The molecule has 1 fully saturated rings. The summed E-state index contributed by atoms with van der Waals surface area (Å²) >= 11 is 0. The summed E-state index contributed by atoms with van der Waals surface area (Å²) in [6, 6.07) is 18.9. The standard InChI is InChI=1S/C21H23N3O2S/c25-27(26,20-9-2-1-3-10-20)23-19-11-14-24(15-12-19)16-18-7-4-6-17-8-5-13-22-21(17)18/h1-10,13,19,23H,11-12,14-16H2. The maximum atomic E-state index is 12.5. The Hall–Kier alpha value is -2.28. The molecule has 1 aliphatic rings. The molecule has 0 spiro atoms. The zero-order chi connectivity index (χ0) is 18.7. The van der Waals surface area contributed by atoms with E-state index in [2.05, 4.69) is 38.9 Å². The van der Waals surface area contributed by atoms with E-state index in [1.54, 1.807) is 24.3 Å². The highest BCUT2D eigenvalue weighted by Gasteiger charge is 2.24. The molecule has 4 rings (SSSR count). The predicted octanol–water partition coefficient (Wildman–Crippen LogP) is 3.18. The van der Waals surface area contributed by atoms with E-state index < -0.39 is 10.0 Å². The number of hydrogen-bond donors (Lipinski definition) is 1. The van der Waals surface area contributed by atoms with E-state index in [0.717, 1.165) is 43.4 Å². The second-order valence-corrected chi connectivity index (χ2v) is 8.69. The Morgan fingerprint density at radius 1 is 0.963 bits per heavy atom. The van der Waals surface area contributed by atoms with Crippen molar-refractivity contribution in [2.75, 3.05) is 13.1 Å². The van der Waals surface area contributed by atoms with Crippen LogP contribution in [0.3, 0.4) is 0 Å². The van der Waals surface area contributed by atoms with E-state index in [1.807, 2.05) is 18.3 Å². The van der Waals surface area contributed by atoms with Gasteiger partial charge in [-0.3, -0.25) is 9.88 Å². The minimum Gasteiger partial charge on any atom is -0.299 e. The van der Waals surface area contributed by atoms with Gasteiger partial charge in [0.2, 0.25) is 10.0 Å². The smallest absolute Gasteiger partial charge is 0.240 e. The van der Waals surface area contributed by atoms with Gasteiger partial charge in [0, 0.05) is 37.3 Å². The van der Waals surface area contributed by atoms with Crippen LogP contribution in [0.15, 0.2) is 71.8 Å². The number of nitrogens with zero attached hydrogens (tertiary/aromatic N) is 2. The monoisotopic (exact) mass is 381 g/mol. The molecular formula is C21H23N3O2S. The summed E-state index contributed by atoms with van der Waals surface area (Å²) < 4.78 is 27.8. The lowest BCUT2D eigenvalue weighted by atomic mass is 10.0. The van der Waals surface area contributed by atoms with Crippen molar-refractivity contribution in [2.24, 2.45) is 0 Å². The van der Waals surface area contributed by atoms with Gasteiger partial charge >= 0.3 is 0 Å². The lowest BCUT2D eigenvalue weighted by molar-refractivity contribution is 0.200. The molecule has 1 aliphatic heterocycles. The van der Waals surface area contributed by atoms with Crippen LogP contribution < -0.4 is 4.72 Å². The topological polar surface area (TPSA) is 62.3 Å². The van der Waals surface area contributed by atoms with Gasteiger partial charge in [0.1, 0.15) is 0 Å². The van der Waals surface area contributed by atoms with Crippen molar-refractivity contribution in [1.82, 2.24) is 14.6 Å². The molecule has 0 unspecified atom stereocenters. The van der Waals surface area contributed by atoms with Crippen LogP contribution in [-0.4, -0.2) is 37.4 Å². The van der Waals surface area contributed by atoms with Gasteiger partial charge in [0.05, 0.1) is 10.4 Å². The van der Waals surface area contributed by atoms with Crippen LogP contribution in [0.5, 0.6) is 0 Å². The molecule has 6 heteroatoms. The van der Waals surface area contributed by atoms with Crippen LogP contribution in [0, 0.1) is 0 Å². The number of rotatable bonds is 5. The number of piperidine rings is 1. The van der Waals surface area contributed by atoms with Crippen LogP contribution in [0.1, 0.15) is 18.4 Å². The van der Waals surface area contributed by atoms with Crippen LogP contribution >= 0.6 is 0 Å². The van der Waals surface area contributed by atoms with Crippen LogP contribution in [0.25, 0.3) is 10.9 Å². The number of hydrogen-bond acceptors (Lipinski definition) is 4. The van der Waals surface area contributed by atoms with Crippen LogP contribution in [0.4, 0.5) is 0 Å². The van der Waals surface area contributed by atoms with Crippen molar-refractivity contribution >= 4 is 20.9 Å². The van der Waals surface area contributed by atoms with E-state index in [9.17, 15) is 8.42 Å². The van der Waals surface area contributed by atoms with Crippen molar-refractivity contribution in [3.05, 3.63) is 72.4 Å². The van der Waals surface area contributed by atoms with E-state index in [1.165, 1.54) is 5.56 Å². The molecule has 2 aromatic carbocycles. The molecule has 0 bridgehead atoms. The Kier molecular flexibility index (Phi) is 5.20. The Bertz CT molecular complexity index is 1010. The first kappa shape index (κ1) is 18.1. The van der Waals surface area contributed by atoms with Crippen molar-refractivity contribution in [3.8, 4) is 0 Å². The second-order valence-electron chi connectivity index (χ2n) is 6.98. The Labute approximate surface area is 160 Å². The van der Waals surface area contributed by atoms with Crippen molar-refractivity contribution in [2.45, 2.75) is 30.3 Å². The summed E-state index contributed by atoms with van der Waals surface area (Å²) in [5.74, 6) is 0. The number of likely N-dealkylation sites (tertiary alicyclic amines) is 1. The number of aromatic nitrogens is 1. The molecule has 0 aliphatic carbocycles. The van der Waals surface area contributed by atoms with Crippen LogP contribution in [0.2, 0.25) is 0 Å². The third-order valence-corrected chi connectivity index (χ3v) is 6.61. The third kappa shape index (κ3) is 4.18. The number of sulfonamides is 1. The predicted molar refractivity (Wildman–Crippen MR) is 107 cm³/mol. The van der Waals surface area contributed by atoms with Crippen LogP contribution in [-0.2, 0) is 16.6 Å². The van der Waals surface area contributed by atoms with Gasteiger partial charge < -0.3 is 0 Å². The maximum Gasteiger partial charge on any atom is 0.240 e. The molecule has 1 N–H and O–H groups in total. The van der Waals surface area contributed by atoms with Gasteiger partial charge in [-0.15, -0.1) is 0 Å². The highest BCUT2D eigenvalue weighted by Crippen LogP contribution is 2.21. The average Bonchev–Trinajstić information content (AvgIpc) is 2.70. The lowest BCUT2D eigenvalue weighted by Crippen LogP contribution is -2.44. The molecule has 5 nitrogen and oxygen atoms in total. The van der Waals surface area contributed by atoms with E-state index in [-0.39, 0.29) is 6.04 Å². The highest BCUT2D eigenvalue weighted by molar-refractivity contribution is 7.89. The molecule has 0 radical (unpaired) electrons. The third-order valence-electron chi connectivity index (χ3n) is 5.07. The number of benzene rings is 2. The number of nitrogens with one attached hydrogen (secondary N) is 1. The fourth-order valence-electron chi connectivity index (χ4n) is 3.63. The molecular weight excluding hydrogens is 358 g/mol. The van der Waals surface area contributed by atoms with Crippen molar-refractivity contribution in [3.63, 3.8) is 0 Å². The largest absolute Gasteiger partial charge is 0.299 e. The maximum absolute atomic E-state index is 12.5. The fraction of sp³-hybridized carbons (Fsp3) is 0.286. The average molecular weight is 382 g/mol. The summed E-state index contributed by atoms with van der Waals surface area (Å²) in [5, 5.41) is 1.15. The molecule has 1 aromatic heterocycles. The van der Waals surface area contributed by atoms with Gasteiger partial charge in [-0.2, -0.15) is 0 Å². The summed E-state index contributed by atoms with van der Waals surface area (Å²) in [4.78, 5) is 7.23. The second kappa shape index (κ2) is 7.76. The van der Waals surface area contributed by atoms with E-state index in [4.69, 9.17) is 0 Å². The first-order valence-electron chi connectivity index (χ1n) is 9.24. The van der Waals surface area contributed by atoms with E-state index in [0.29, 0.717) is 4.90 Å². The summed E-state index contributed by atoms with van der Waals surface area (Å²) in [7, 11) is -3.44. The van der Waals surface area contributed by atoms with Crippen molar-refractivity contribution < 1.29 is 8.42 Å². The van der Waals surface area contributed by atoms with Gasteiger partial charge in [-0.05, 0) is 36.6 Å². The first-order valence-corrected chi connectivity index (χ1v) is 10.7. The summed E-state index contributed by atoms with van der Waals surface area (Å²) in [6.07, 6.45) is 3.45. The minimum absolute atomic E-state index is 0.0166. The fourth-order valence-corrected chi connectivity index (χ4v) is 4.96. The lowest BCUT2D eigenvalue weighted by Gasteiger charge is -2.32. The molecule has 1 saturated heterocycles.